The summed E-state index contributed by atoms with van der Waals surface area (Å²) >= 11 is 9.97. The first-order valence-corrected chi connectivity index (χ1v) is 7.35. The van der Waals surface area contributed by atoms with Crippen molar-refractivity contribution in [2.24, 2.45) is 0 Å². The van der Waals surface area contributed by atoms with Gasteiger partial charge in [-0.3, -0.25) is 0 Å². The van der Waals surface area contributed by atoms with E-state index in [4.69, 9.17) is 9.68 Å². The number of hydrogen-bond acceptors (Lipinski definition) is 3. The summed E-state index contributed by atoms with van der Waals surface area (Å²) in [7, 11) is 0. The monoisotopic (exact) mass is 432 g/mol. The van der Waals surface area contributed by atoms with Gasteiger partial charge in [-0.15, -0.1) is 0 Å². The standard InChI is InChI=1S/C12H7Br3N2O/c13-8-1-2-11(7(3-8)5-16)17-6-9-4-10(14)12(15)18-9/h1-4,17H,6H2. The van der Waals surface area contributed by atoms with Crippen LogP contribution in [0.1, 0.15) is 11.3 Å². The molecule has 0 bridgehead atoms. The number of anilines is 1. The molecule has 0 spiro atoms. The highest BCUT2D eigenvalue weighted by Crippen LogP contribution is 2.27. The van der Waals surface area contributed by atoms with Crippen LogP contribution in [-0.2, 0) is 6.54 Å². The van der Waals surface area contributed by atoms with Crippen LogP contribution in [0.25, 0.3) is 0 Å². The van der Waals surface area contributed by atoms with Crippen molar-refractivity contribution >= 4 is 53.5 Å². The lowest BCUT2D eigenvalue weighted by Crippen LogP contribution is -2.00. The third-order valence-electron chi connectivity index (χ3n) is 2.25. The van der Waals surface area contributed by atoms with Gasteiger partial charge in [-0.25, -0.2) is 0 Å². The number of nitriles is 1. The van der Waals surface area contributed by atoms with E-state index >= 15 is 0 Å². The number of furan rings is 1. The van der Waals surface area contributed by atoms with E-state index in [2.05, 4.69) is 59.2 Å². The molecular formula is C12H7Br3N2O. The van der Waals surface area contributed by atoms with Crippen molar-refractivity contribution < 1.29 is 4.42 Å². The van der Waals surface area contributed by atoms with Crippen LogP contribution in [-0.4, -0.2) is 0 Å². The molecule has 92 valence electrons. The quantitative estimate of drug-likeness (QED) is 0.735. The van der Waals surface area contributed by atoms with Gasteiger partial charge in [0.25, 0.3) is 0 Å². The molecule has 1 aromatic carbocycles. The highest BCUT2D eigenvalue weighted by molar-refractivity contribution is 9.13. The van der Waals surface area contributed by atoms with Gasteiger partial charge in [0.05, 0.1) is 22.3 Å². The van der Waals surface area contributed by atoms with Crippen LogP contribution in [0, 0.1) is 11.3 Å². The summed E-state index contributed by atoms with van der Waals surface area (Å²) in [6.07, 6.45) is 0. The highest BCUT2D eigenvalue weighted by atomic mass is 79.9. The minimum absolute atomic E-state index is 0.514. The minimum Gasteiger partial charge on any atom is -0.451 e. The summed E-state index contributed by atoms with van der Waals surface area (Å²) in [5, 5.41) is 12.2. The summed E-state index contributed by atoms with van der Waals surface area (Å²) in [4.78, 5) is 0. The van der Waals surface area contributed by atoms with E-state index in [-0.39, 0.29) is 0 Å². The van der Waals surface area contributed by atoms with E-state index in [9.17, 15) is 0 Å². The van der Waals surface area contributed by atoms with Crippen molar-refractivity contribution in [1.29, 1.82) is 5.26 Å². The molecule has 2 aromatic rings. The second-order valence-corrected chi connectivity index (χ2v) is 5.98. The number of nitrogens with zero attached hydrogens (tertiary/aromatic N) is 1. The lowest BCUT2D eigenvalue weighted by Gasteiger charge is -2.06. The molecule has 1 heterocycles. The molecule has 18 heavy (non-hydrogen) atoms. The maximum absolute atomic E-state index is 9.04. The predicted octanol–water partition coefficient (Wildman–Crippen LogP) is 5.05. The lowest BCUT2D eigenvalue weighted by atomic mass is 10.2. The molecule has 0 aliphatic rings. The average Bonchev–Trinajstić information content (AvgIpc) is 2.67. The number of hydrogen-bond donors (Lipinski definition) is 1. The Morgan fingerprint density at radius 1 is 1.22 bits per heavy atom. The van der Waals surface area contributed by atoms with Crippen LogP contribution in [0.15, 0.2) is 42.3 Å². The number of halogens is 3. The normalized spacial score (nSPS) is 10.1. The zero-order chi connectivity index (χ0) is 13.1. The molecule has 0 radical (unpaired) electrons. The second-order valence-electron chi connectivity index (χ2n) is 3.49. The van der Waals surface area contributed by atoms with E-state index < -0.39 is 0 Å². The first-order chi connectivity index (χ1) is 8.60. The van der Waals surface area contributed by atoms with E-state index in [1.807, 2.05) is 18.2 Å². The molecule has 1 aromatic heterocycles. The van der Waals surface area contributed by atoms with Gasteiger partial charge in [-0.05, 0) is 56.1 Å². The number of rotatable bonds is 3. The molecule has 0 unspecified atom stereocenters. The Bertz CT molecular complexity index is 597. The molecular weight excluding hydrogens is 428 g/mol. The van der Waals surface area contributed by atoms with Crippen LogP contribution in [0.4, 0.5) is 5.69 Å². The summed E-state index contributed by atoms with van der Waals surface area (Å²) in [5.41, 5.74) is 1.37. The second kappa shape index (κ2) is 5.91. The summed E-state index contributed by atoms with van der Waals surface area (Å²) in [6.45, 7) is 0.514. The molecule has 0 aliphatic heterocycles. The molecule has 0 aliphatic carbocycles. The molecule has 1 N–H and O–H groups in total. The van der Waals surface area contributed by atoms with Crippen molar-refractivity contribution in [3.05, 3.63) is 49.2 Å². The smallest absolute Gasteiger partial charge is 0.183 e. The van der Waals surface area contributed by atoms with Gasteiger partial charge in [-0.1, -0.05) is 15.9 Å². The average molecular weight is 435 g/mol. The molecule has 0 fully saturated rings. The maximum Gasteiger partial charge on any atom is 0.183 e. The number of benzene rings is 1. The van der Waals surface area contributed by atoms with Crippen molar-refractivity contribution in [3.63, 3.8) is 0 Å². The Morgan fingerprint density at radius 2 is 2.00 bits per heavy atom. The third-order valence-corrected chi connectivity index (χ3v) is 4.45. The number of nitrogens with one attached hydrogen (secondary N) is 1. The Kier molecular flexibility index (Phi) is 4.49. The summed E-state index contributed by atoms with van der Waals surface area (Å²) in [6, 6.07) is 9.54. The minimum atomic E-state index is 0.514. The Hall–Kier alpha value is -0.770. The molecule has 2 rings (SSSR count). The van der Waals surface area contributed by atoms with Crippen LogP contribution < -0.4 is 5.32 Å². The van der Waals surface area contributed by atoms with Gasteiger partial charge in [0.15, 0.2) is 4.67 Å². The summed E-state index contributed by atoms with van der Waals surface area (Å²) in [5.74, 6) is 0.778. The first-order valence-electron chi connectivity index (χ1n) is 4.97. The predicted molar refractivity (Wildman–Crippen MR) is 80.3 cm³/mol. The zero-order valence-electron chi connectivity index (χ0n) is 9.01. The van der Waals surface area contributed by atoms with Gasteiger partial charge in [0, 0.05) is 4.47 Å². The topological polar surface area (TPSA) is 49.0 Å². The van der Waals surface area contributed by atoms with Gasteiger partial charge in [-0.2, -0.15) is 5.26 Å². The van der Waals surface area contributed by atoms with Crippen LogP contribution in [0.2, 0.25) is 0 Å². The molecule has 6 heteroatoms. The van der Waals surface area contributed by atoms with Gasteiger partial charge in [0.2, 0.25) is 0 Å². The van der Waals surface area contributed by atoms with Crippen LogP contribution in [0.5, 0.6) is 0 Å². The van der Waals surface area contributed by atoms with E-state index in [0.29, 0.717) is 16.8 Å². The Morgan fingerprint density at radius 3 is 2.61 bits per heavy atom. The van der Waals surface area contributed by atoms with Crippen LogP contribution >= 0.6 is 47.8 Å². The van der Waals surface area contributed by atoms with Gasteiger partial charge >= 0.3 is 0 Å². The van der Waals surface area contributed by atoms with Crippen molar-refractivity contribution in [1.82, 2.24) is 0 Å². The SMILES string of the molecule is N#Cc1cc(Br)ccc1NCc1cc(Br)c(Br)o1. The van der Waals surface area contributed by atoms with Crippen LogP contribution in [0.3, 0.4) is 0 Å². The van der Waals surface area contributed by atoms with E-state index in [0.717, 1.165) is 20.4 Å². The molecule has 3 nitrogen and oxygen atoms in total. The van der Waals surface area contributed by atoms with Crippen molar-refractivity contribution in [3.8, 4) is 6.07 Å². The fourth-order valence-corrected chi connectivity index (χ4v) is 2.44. The molecule has 0 atom stereocenters. The Balaban J connectivity index is 2.13. The van der Waals surface area contributed by atoms with E-state index in [1.54, 1.807) is 6.07 Å². The van der Waals surface area contributed by atoms with Gasteiger partial charge < -0.3 is 9.73 Å². The molecule has 0 amide bonds. The maximum atomic E-state index is 9.04. The highest BCUT2D eigenvalue weighted by Gasteiger charge is 2.07. The lowest BCUT2D eigenvalue weighted by molar-refractivity contribution is 0.494. The molecule has 0 saturated carbocycles. The van der Waals surface area contributed by atoms with Crippen molar-refractivity contribution in [2.75, 3.05) is 5.32 Å². The van der Waals surface area contributed by atoms with E-state index in [1.165, 1.54) is 0 Å². The zero-order valence-corrected chi connectivity index (χ0v) is 13.8. The molecule has 0 saturated heterocycles. The summed E-state index contributed by atoms with van der Waals surface area (Å²) < 4.78 is 7.86. The largest absolute Gasteiger partial charge is 0.451 e. The fourth-order valence-electron chi connectivity index (χ4n) is 1.42. The first kappa shape index (κ1) is 13.7. The van der Waals surface area contributed by atoms with Gasteiger partial charge in [0.1, 0.15) is 11.8 Å². The third kappa shape index (κ3) is 3.16. The fraction of sp³-hybridized carbons (Fsp3) is 0.0833. The Labute approximate surface area is 130 Å². The van der Waals surface area contributed by atoms with Crippen molar-refractivity contribution in [2.45, 2.75) is 6.54 Å².